The van der Waals surface area contributed by atoms with Gasteiger partial charge in [-0.2, -0.15) is 0 Å². The third-order valence-electron chi connectivity index (χ3n) is 2.67. The summed E-state index contributed by atoms with van der Waals surface area (Å²) in [6.07, 6.45) is 3.05. The number of anilines is 1. The Hall–Kier alpha value is -2.89. The fraction of sp³-hybridized carbons (Fsp3) is 0. The summed E-state index contributed by atoms with van der Waals surface area (Å²) < 4.78 is 13.1. The molecule has 0 bridgehead atoms. The van der Waals surface area contributed by atoms with E-state index in [-0.39, 0.29) is 17.5 Å². The number of nitrogens with zero attached hydrogens (tertiary/aromatic N) is 3. The van der Waals surface area contributed by atoms with Crippen molar-refractivity contribution in [3.63, 3.8) is 0 Å². The minimum Gasteiger partial charge on any atom is -0.289 e. The van der Waals surface area contributed by atoms with E-state index in [1.165, 1.54) is 36.7 Å². The summed E-state index contributed by atoms with van der Waals surface area (Å²) in [5.41, 5.74) is 0.768. The van der Waals surface area contributed by atoms with Crippen molar-refractivity contribution in [2.24, 2.45) is 0 Å². The largest absolute Gasteiger partial charge is 0.289 e. The maximum Gasteiger partial charge on any atom is 0.276 e. The Kier molecular flexibility index (Phi) is 3.04. The van der Waals surface area contributed by atoms with Crippen LogP contribution in [0.25, 0.3) is 10.9 Å². The molecule has 1 amide bonds. The monoisotopic (exact) mass is 268 g/mol. The first-order valence-corrected chi connectivity index (χ1v) is 5.87. The van der Waals surface area contributed by atoms with Gasteiger partial charge in [0.2, 0.25) is 5.95 Å². The molecule has 1 N–H and O–H groups in total. The number of rotatable bonds is 2. The average Bonchev–Trinajstić information content (AvgIpc) is 2.47. The molecule has 0 aliphatic heterocycles. The molecular formula is C14H9FN4O. The maximum atomic E-state index is 13.1. The highest BCUT2D eigenvalue weighted by atomic mass is 19.1. The van der Waals surface area contributed by atoms with Gasteiger partial charge in [-0.3, -0.25) is 10.1 Å². The summed E-state index contributed by atoms with van der Waals surface area (Å²) >= 11 is 0. The minimum atomic E-state index is -0.414. The van der Waals surface area contributed by atoms with Gasteiger partial charge in [-0.05, 0) is 30.3 Å². The fourth-order valence-corrected chi connectivity index (χ4v) is 1.75. The van der Waals surface area contributed by atoms with Crippen molar-refractivity contribution >= 4 is 22.8 Å². The Morgan fingerprint density at radius 3 is 2.70 bits per heavy atom. The Labute approximate surface area is 113 Å². The molecule has 0 aliphatic carbocycles. The van der Waals surface area contributed by atoms with Gasteiger partial charge in [-0.25, -0.2) is 19.3 Å². The second kappa shape index (κ2) is 5.00. The third-order valence-corrected chi connectivity index (χ3v) is 2.67. The van der Waals surface area contributed by atoms with E-state index in [2.05, 4.69) is 20.3 Å². The van der Waals surface area contributed by atoms with Crippen molar-refractivity contribution in [2.45, 2.75) is 0 Å². The first kappa shape index (κ1) is 12.2. The van der Waals surface area contributed by atoms with Crippen LogP contribution in [0.2, 0.25) is 0 Å². The van der Waals surface area contributed by atoms with E-state index in [9.17, 15) is 9.18 Å². The topological polar surface area (TPSA) is 67.8 Å². The van der Waals surface area contributed by atoms with E-state index in [4.69, 9.17) is 0 Å². The molecule has 0 atom stereocenters. The van der Waals surface area contributed by atoms with Crippen LogP contribution in [0.3, 0.4) is 0 Å². The van der Waals surface area contributed by atoms with Gasteiger partial charge < -0.3 is 0 Å². The first-order valence-electron chi connectivity index (χ1n) is 5.87. The van der Waals surface area contributed by atoms with Gasteiger partial charge in [-0.15, -0.1) is 0 Å². The van der Waals surface area contributed by atoms with Gasteiger partial charge >= 0.3 is 0 Å². The highest BCUT2D eigenvalue weighted by molar-refractivity contribution is 6.03. The average molecular weight is 268 g/mol. The van der Waals surface area contributed by atoms with Crippen molar-refractivity contribution < 1.29 is 9.18 Å². The van der Waals surface area contributed by atoms with Gasteiger partial charge in [0.1, 0.15) is 11.5 Å². The number of carbonyl (C=O) groups excluding carboxylic acids is 1. The molecule has 0 radical (unpaired) electrons. The quantitative estimate of drug-likeness (QED) is 0.775. The fourth-order valence-electron chi connectivity index (χ4n) is 1.75. The summed E-state index contributed by atoms with van der Waals surface area (Å²) in [7, 11) is 0. The molecule has 1 aromatic carbocycles. The number of aromatic nitrogens is 3. The van der Waals surface area contributed by atoms with Crippen molar-refractivity contribution in [1.82, 2.24) is 15.0 Å². The van der Waals surface area contributed by atoms with E-state index in [0.717, 1.165) is 0 Å². The van der Waals surface area contributed by atoms with Crippen molar-refractivity contribution in [1.29, 1.82) is 0 Å². The number of amides is 1. The molecule has 0 saturated heterocycles. The second-order valence-electron chi connectivity index (χ2n) is 4.06. The Morgan fingerprint density at radius 2 is 1.90 bits per heavy atom. The molecule has 3 rings (SSSR count). The molecular weight excluding hydrogens is 259 g/mol. The number of pyridine rings is 1. The normalized spacial score (nSPS) is 10.4. The lowest BCUT2D eigenvalue weighted by atomic mass is 10.2. The second-order valence-corrected chi connectivity index (χ2v) is 4.06. The van der Waals surface area contributed by atoms with Crippen molar-refractivity contribution in [3.05, 3.63) is 60.3 Å². The number of benzene rings is 1. The Bertz CT molecular complexity index is 776. The molecule has 3 aromatic rings. The first-order chi connectivity index (χ1) is 9.72. The summed E-state index contributed by atoms with van der Waals surface area (Å²) in [5, 5.41) is 3.17. The van der Waals surface area contributed by atoms with E-state index in [0.29, 0.717) is 10.9 Å². The summed E-state index contributed by atoms with van der Waals surface area (Å²) in [5.74, 6) is -0.546. The summed E-state index contributed by atoms with van der Waals surface area (Å²) in [6.45, 7) is 0. The van der Waals surface area contributed by atoms with Crippen LogP contribution in [0.1, 0.15) is 10.5 Å². The van der Waals surface area contributed by atoms with E-state index in [1.54, 1.807) is 12.1 Å². The predicted molar refractivity (Wildman–Crippen MR) is 71.7 cm³/mol. The predicted octanol–water partition coefficient (Wildman–Crippen LogP) is 2.42. The molecule has 0 aliphatic rings. The van der Waals surface area contributed by atoms with Crippen molar-refractivity contribution in [2.75, 3.05) is 5.32 Å². The lowest BCUT2D eigenvalue weighted by Gasteiger charge is -2.04. The maximum absolute atomic E-state index is 13.1. The van der Waals surface area contributed by atoms with Crippen LogP contribution in [0, 0.1) is 5.82 Å². The minimum absolute atomic E-state index is 0.207. The number of fused-ring (bicyclic) bond motifs is 1. The number of carbonyl (C=O) groups is 1. The van der Waals surface area contributed by atoms with E-state index in [1.807, 2.05) is 0 Å². The molecule has 0 unspecified atom stereocenters. The van der Waals surface area contributed by atoms with Crippen LogP contribution in [-0.4, -0.2) is 20.9 Å². The van der Waals surface area contributed by atoms with Crippen LogP contribution in [0.15, 0.2) is 48.8 Å². The Balaban J connectivity index is 1.90. The zero-order valence-electron chi connectivity index (χ0n) is 10.2. The van der Waals surface area contributed by atoms with Gasteiger partial charge in [0.05, 0.1) is 5.52 Å². The van der Waals surface area contributed by atoms with Crippen molar-refractivity contribution in [3.8, 4) is 0 Å². The molecule has 0 spiro atoms. The molecule has 2 heterocycles. The third kappa shape index (κ3) is 2.44. The van der Waals surface area contributed by atoms with Crippen LogP contribution >= 0.6 is 0 Å². The molecule has 98 valence electrons. The lowest BCUT2D eigenvalue weighted by molar-refractivity contribution is 0.102. The Morgan fingerprint density at radius 1 is 1.10 bits per heavy atom. The van der Waals surface area contributed by atoms with Gasteiger partial charge in [0.15, 0.2) is 0 Å². The molecule has 6 heteroatoms. The highest BCUT2D eigenvalue weighted by Crippen LogP contribution is 2.14. The molecule has 0 saturated carbocycles. The molecule has 2 aromatic heterocycles. The van der Waals surface area contributed by atoms with Gasteiger partial charge in [0, 0.05) is 17.8 Å². The van der Waals surface area contributed by atoms with Gasteiger partial charge in [-0.1, -0.05) is 6.07 Å². The molecule has 20 heavy (non-hydrogen) atoms. The smallest absolute Gasteiger partial charge is 0.276 e. The van der Waals surface area contributed by atoms with Crippen LogP contribution in [0.5, 0.6) is 0 Å². The summed E-state index contributed by atoms with van der Waals surface area (Å²) in [6, 6.07) is 9.02. The van der Waals surface area contributed by atoms with Crippen LogP contribution in [-0.2, 0) is 0 Å². The number of nitrogens with one attached hydrogen (secondary N) is 1. The number of halogens is 1. The standard InChI is InChI=1S/C14H9FN4O/c15-10-3-5-11-9(8-10)2-4-12(18-11)13(20)19-14-16-6-1-7-17-14/h1-8H,(H,16,17,19,20). The molecule has 5 nitrogen and oxygen atoms in total. The zero-order chi connectivity index (χ0) is 13.9. The zero-order valence-corrected chi connectivity index (χ0v) is 10.2. The SMILES string of the molecule is O=C(Nc1ncccn1)c1ccc2cc(F)ccc2n1. The van der Waals surface area contributed by atoms with Crippen LogP contribution in [0.4, 0.5) is 10.3 Å². The number of hydrogen-bond acceptors (Lipinski definition) is 4. The number of hydrogen-bond donors (Lipinski definition) is 1. The summed E-state index contributed by atoms with van der Waals surface area (Å²) in [4.78, 5) is 24.0. The van der Waals surface area contributed by atoms with E-state index >= 15 is 0 Å². The highest BCUT2D eigenvalue weighted by Gasteiger charge is 2.10. The van der Waals surface area contributed by atoms with Crippen LogP contribution < -0.4 is 5.32 Å². The molecule has 0 fully saturated rings. The lowest BCUT2D eigenvalue weighted by Crippen LogP contribution is -2.15. The van der Waals surface area contributed by atoms with Gasteiger partial charge in [0.25, 0.3) is 5.91 Å². The van der Waals surface area contributed by atoms with E-state index < -0.39 is 5.91 Å².